The number of likely N-dealkylation sites (tertiary alicyclic amines) is 1. The van der Waals surface area contributed by atoms with E-state index in [4.69, 9.17) is 9.72 Å². The van der Waals surface area contributed by atoms with Crippen LogP contribution in [0.3, 0.4) is 0 Å². The molecule has 8 nitrogen and oxygen atoms in total. The highest BCUT2D eigenvalue weighted by atomic mass is 16.5. The Labute approximate surface area is 218 Å². The van der Waals surface area contributed by atoms with Crippen molar-refractivity contribution in [2.45, 2.75) is 50.7 Å². The van der Waals surface area contributed by atoms with Crippen molar-refractivity contribution in [3.05, 3.63) is 54.4 Å². The number of hydrogen-bond donors (Lipinski definition) is 1. The Kier molecular flexibility index (Phi) is 5.55. The SMILES string of the molecule is Cc1cc(Nc2nccc(-c3ccc(N4CCOCC4)nc3)n2)ccc1N1C[C@@H]2C[C@@]1(C)CN2C1CC1. The van der Waals surface area contributed by atoms with Gasteiger partial charge in [0.25, 0.3) is 0 Å². The van der Waals surface area contributed by atoms with E-state index in [-0.39, 0.29) is 5.54 Å². The Bertz CT molecular complexity index is 1290. The van der Waals surface area contributed by atoms with Gasteiger partial charge < -0.3 is 19.9 Å². The van der Waals surface area contributed by atoms with E-state index in [9.17, 15) is 0 Å². The van der Waals surface area contributed by atoms with E-state index < -0.39 is 0 Å². The monoisotopic (exact) mass is 497 g/mol. The summed E-state index contributed by atoms with van der Waals surface area (Å²) in [4.78, 5) is 21.6. The number of fused-ring (bicyclic) bond motifs is 2. The molecule has 2 atom stereocenters. The number of benzene rings is 1. The maximum Gasteiger partial charge on any atom is 0.227 e. The van der Waals surface area contributed by atoms with Gasteiger partial charge in [-0.25, -0.2) is 15.0 Å². The molecule has 1 saturated carbocycles. The van der Waals surface area contributed by atoms with E-state index in [2.05, 4.69) is 74.2 Å². The number of aryl methyl sites for hydroxylation is 1. The van der Waals surface area contributed by atoms with Crippen LogP contribution < -0.4 is 15.1 Å². The number of morpholine rings is 1. The molecule has 1 aromatic carbocycles. The van der Waals surface area contributed by atoms with Crippen molar-refractivity contribution >= 4 is 23.1 Å². The lowest BCUT2D eigenvalue weighted by Gasteiger charge is -2.42. The van der Waals surface area contributed by atoms with Gasteiger partial charge in [-0.15, -0.1) is 0 Å². The van der Waals surface area contributed by atoms with Gasteiger partial charge in [0.1, 0.15) is 5.82 Å². The molecule has 2 bridgehead atoms. The molecule has 1 N–H and O–H groups in total. The molecule has 2 aromatic heterocycles. The van der Waals surface area contributed by atoms with E-state index >= 15 is 0 Å². The van der Waals surface area contributed by atoms with Gasteiger partial charge in [-0.05, 0) is 75.1 Å². The van der Waals surface area contributed by atoms with Crippen molar-refractivity contribution < 1.29 is 4.74 Å². The van der Waals surface area contributed by atoms with Crippen molar-refractivity contribution in [2.24, 2.45) is 0 Å². The largest absolute Gasteiger partial charge is 0.378 e. The van der Waals surface area contributed by atoms with Crippen LogP contribution >= 0.6 is 0 Å². The third kappa shape index (κ3) is 4.32. The molecule has 3 saturated heterocycles. The molecule has 3 aliphatic heterocycles. The molecule has 7 rings (SSSR count). The second kappa shape index (κ2) is 8.96. The maximum atomic E-state index is 5.45. The van der Waals surface area contributed by atoms with Crippen LogP contribution in [0.4, 0.5) is 23.1 Å². The summed E-state index contributed by atoms with van der Waals surface area (Å²) in [7, 11) is 0. The van der Waals surface area contributed by atoms with Crippen LogP contribution in [0.5, 0.6) is 0 Å². The predicted molar refractivity (Wildman–Crippen MR) is 147 cm³/mol. The zero-order chi connectivity index (χ0) is 25.0. The van der Waals surface area contributed by atoms with Crippen molar-refractivity contribution in [1.82, 2.24) is 19.9 Å². The zero-order valence-corrected chi connectivity index (χ0v) is 21.7. The standard InChI is InChI=1S/C29H35N7O/c1-20-15-22(4-7-26(20)36-18-24-16-29(36,2)19-35(24)23-5-6-23)32-28-30-10-9-25(33-28)21-3-8-27(31-17-21)34-11-13-37-14-12-34/h3-4,7-10,15,17,23-24H,5-6,11-14,16,18-19H2,1-2H3,(H,30,32,33)/t24-,29-/m0/s1. The summed E-state index contributed by atoms with van der Waals surface area (Å²) in [5.74, 6) is 1.57. The molecule has 37 heavy (non-hydrogen) atoms. The Hall–Kier alpha value is -3.23. The van der Waals surface area contributed by atoms with Crippen LogP contribution in [0.2, 0.25) is 0 Å². The first-order valence-corrected chi connectivity index (χ1v) is 13.6. The fourth-order valence-electron chi connectivity index (χ4n) is 6.49. The topological polar surface area (TPSA) is 69.6 Å². The number of hydrogen-bond acceptors (Lipinski definition) is 8. The van der Waals surface area contributed by atoms with Gasteiger partial charge in [0, 0.05) is 67.6 Å². The molecule has 0 spiro atoms. The lowest BCUT2D eigenvalue weighted by Crippen LogP contribution is -2.53. The van der Waals surface area contributed by atoms with Crippen molar-refractivity contribution in [2.75, 3.05) is 54.5 Å². The highest BCUT2D eigenvalue weighted by molar-refractivity contribution is 5.67. The average Bonchev–Trinajstić information content (AvgIpc) is 3.64. The summed E-state index contributed by atoms with van der Waals surface area (Å²) < 4.78 is 5.45. The van der Waals surface area contributed by atoms with Crippen LogP contribution in [0.25, 0.3) is 11.3 Å². The first-order chi connectivity index (χ1) is 18.1. The normalized spacial score (nSPS) is 25.6. The maximum absolute atomic E-state index is 5.45. The van der Waals surface area contributed by atoms with Crippen LogP contribution in [0.1, 0.15) is 31.7 Å². The highest BCUT2D eigenvalue weighted by Crippen LogP contribution is 2.47. The number of nitrogens with zero attached hydrogens (tertiary/aromatic N) is 6. The molecule has 1 aliphatic carbocycles. The second-order valence-electron chi connectivity index (χ2n) is 11.3. The minimum absolute atomic E-state index is 0.246. The van der Waals surface area contributed by atoms with Gasteiger partial charge in [0.05, 0.1) is 24.4 Å². The minimum atomic E-state index is 0.246. The van der Waals surface area contributed by atoms with E-state index in [0.29, 0.717) is 12.0 Å². The Morgan fingerprint density at radius 2 is 1.89 bits per heavy atom. The second-order valence-corrected chi connectivity index (χ2v) is 11.3. The molecule has 4 fully saturated rings. The Morgan fingerprint density at radius 3 is 2.59 bits per heavy atom. The van der Waals surface area contributed by atoms with E-state index in [1.54, 1.807) is 6.20 Å². The summed E-state index contributed by atoms with van der Waals surface area (Å²) in [6, 6.07) is 14.3. The van der Waals surface area contributed by atoms with E-state index in [1.165, 1.54) is 37.1 Å². The summed E-state index contributed by atoms with van der Waals surface area (Å²) in [5.41, 5.74) is 5.73. The van der Waals surface area contributed by atoms with Gasteiger partial charge in [0.15, 0.2) is 0 Å². The van der Waals surface area contributed by atoms with E-state index in [1.807, 2.05) is 12.3 Å². The zero-order valence-electron chi connectivity index (χ0n) is 21.7. The van der Waals surface area contributed by atoms with Crippen molar-refractivity contribution in [1.29, 1.82) is 0 Å². The van der Waals surface area contributed by atoms with Gasteiger partial charge >= 0.3 is 0 Å². The molecule has 0 amide bonds. The van der Waals surface area contributed by atoms with Gasteiger partial charge in [-0.1, -0.05) is 0 Å². The molecule has 8 heteroatoms. The molecule has 5 heterocycles. The van der Waals surface area contributed by atoms with Gasteiger partial charge in [0.2, 0.25) is 5.95 Å². The Balaban J connectivity index is 1.05. The number of piperazine rings is 1. The minimum Gasteiger partial charge on any atom is -0.378 e. The van der Waals surface area contributed by atoms with Crippen LogP contribution in [-0.4, -0.2) is 76.9 Å². The first kappa shape index (κ1) is 22.9. The summed E-state index contributed by atoms with van der Waals surface area (Å²) in [6.45, 7) is 10.3. The molecule has 192 valence electrons. The smallest absolute Gasteiger partial charge is 0.227 e. The highest BCUT2D eigenvalue weighted by Gasteiger charge is 2.54. The molecule has 3 aromatic rings. The number of aromatic nitrogens is 3. The quantitative estimate of drug-likeness (QED) is 0.542. The van der Waals surface area contributed by atoms with Gasteiger partial charge in [-0.2, -0.15) is 0 Å². The fraction of sp³-hybridized carbons (Fsp3) is 0.483. The third-order valence-electron chi connectivity index (χ3n) is 8.51. The van der Waals surface area contributed by atoms with Gasteiger partial charge in [-0.3, -0.25) is 4.90 Å². The fourth-order valence-corrected chi connectivity index (χ4v) is 6.49. The lowest BCUT2D eigenvalue weighted by molar-refractivity contribution is 0.122. The molecule has 4 aliphatic rings. The van der Waals surface area contributed by atoms with Crippen LogP contribution in [0, 0.1) is 6.92 Å². The molecular formula is C29H35N7O. The summed E-state index contributed by atoms with van der Waals surface area (Å²) >= 11 is 0. The number of nitrogens with one attached hydrogen (secondary N) is 1. The first-order valence-electron chi connectivity index (χ1n) is 13.6. The third-order valence-corrected chi connectivity index (χ3v) is 8.51. The molecule has 0 unspecified atom stereocenters. The predicted octanol–water partition coefficient (Wildman–Crippen LogP) is 4.24. The number of ether oxygens (including phenoxy) is 1. The number of rotatable bonds is 6. The summed E-state index contributed by atoms with van der Waals surface area (Å²) in [5, 5.41) is 3.42. The van der Waals surface area contributed by atoms with E-state index in [0.717, 1.165) is 61.7 Å². The molecule has 0 radical (unpaired) electrons. The Morgan fingerprint density at radius 1 is 1.03 bits per heavy atom. The lowest BCUT2D eigenvalue weighted by atomic mass is 10.00. The summed E-state index contributed by atoms with van der Waals surface area (Å²) in [6.07, 6.45) is 7.77. The number of pyridine rings is 1. The van der Waals surface area contributed by atoms with Crippen LogP contribution in [0.15, 0.2) is 48.8 Å². The van der Waals surface area contributed by atoms with Crippen molar-refractivity contribution in [3.8, 4) is 11.3 Å². The number of anilines is 4. The van der Waals surface area contributed by atoms with Crippen molar-refractivity contribution in [3.63, 3.8) is 0 Å². The van der Waals surface area contributed by atoms with Crippen LogP contribution in [-0.2, 0) is 4.74 Å². The molecular weight excluding hydrogens is 462 g/mol. The average molecular weight is 498 g/mol.